The van der Waals surface area contributed by atoms with Crippen molar-refractivity contribution >= 4 is 12.0 Å². The molecule has 1 aliphatic rings. The number of piperidine rings is 1. The molecular formula is C19H22FN3O2. The van der Waals surface area contributed by atoms with Gasteiger partial charge in [0.15, 0.2) is 0 Å². The molecule has 1 aromatic carbocycles. The number of benzene rings is 1. The molecule has 0 aliphatic carbocycles. The molecule has 0 bridgehead atoms. The Morgan fingerprint density at radius 2 is 2.20 bits per heavy atom. The molecule has 2 aromatic rings. The molecule has 0 saturated carbocycles. The van der Waals surface area contributed by atoms with E-state index in [4.69, 9.17) is 4.42 Å². The van der Waals surface area contributed by atoms with Crippen molar-refractivity contribution in [1.82, 2.24) is 15.1 Å². The van der Waals surface area contributed by atoms with Crippen LogP contribution in [-0.2, 0) is 11.2 Å². The van der Waals surface area contributed by atoms with Gasteiger partial charge in [0.05, 0.1) is 5.92 Å². The van der Waals surface area contributed by atoms with Gasteiger partial charge in [-0.15, -0.1) is 10.2 Å². The summed E-state index contributed by atoms with van der Waals surface area (Å²) in [4.78, 5) is 13.6. The summed E-state index contributed by atoms with van der Waals surface area (Å²) >= 11 is 0. The average molecular weight is 343 g/mol. The zero-order valence-corrected chi connectivity index (χ0v) is 14.5. The van der Waals surface area contributed by atoms with E-state index in [0.29, 0.717) is 23.8 Å². The number of hydrogen-bond donors (Lipinski definition) is 0. The topological polar surface area (TPSA) is 59.2 Å². The van der Waals surface area contributed by atoms with Gasteiger partial charge in [0.1, 0.15) is 5.82 Å². The number of allylic oxidation sites excluding steroid dienone is 1. The number of halogens is 1. The lowest BCUT2D eigenvalue weighted by atomic mass is 9.90. The van der Waals surface area contributed by atoms with Gasteiger partial charge in [-0.05, 0) is 25.8 Å². The van der Waals surface area contributed by atoms with Crippen molar-refractivity contribution in [3.8, 4) is 0 Å². The van der Waals surface area contributed by atoms with Gasteiger partial charge in [0.2, 0.25) is 17.7 Å². The first-order valence-corrected chi connectivity index (χ1v) is 8.57. The molecule has 3 rings (SSSR count). The molecule has 1 aliphatic heterocycles. The second-order valence-electron chi connectivity index (χ2n) is 6.36. The normalized spacial score (nSPS) is 21.0. The van der Waals surface area contributed by atoms with Crippen molar-refractivity contribution in [1.29, 1.82) is 0 Å². The van der Waals surface area contributed by atoms with Crippen LogP contribution in [0.15, 0.2) is 34.8 Å². The van der Waals surface area contributed by atoms with Crippen LogP contribution in [0, 0.1) is 5.82 Å². The first-order chi connectivity index (χ1) is 12.1. The van der Waals surface area contributed by atoms with Crippen LogP contribution in [0.2, 0.25) is 0 Å². The molecule has 1 saturated heterocycles. The molecule has 2 heterocycles. The van der Waals surface area contributed by atoms with Crippen LogP contribution in [-0.4, -0.2) is 33.6 Å². The predicted molar refractivity (Wildman–Crippen MR) is 92.3 cm³/mol. The maximum atomic E-state index is 13.6. The van der Waals surface area contributed by atoms with E-state index < -0.39 is 0 Å². The Balaban J connectivity index is 1.66. The van der Waals surface area contributed by atoms with Gasteiger partial charge in [0.25, 0.3) is 0 Å². The fraction of sp³-hybridized carbons (Fsp3) is 0.421. The smallest absolute Gasteiger partial charge is 0.221 e. The zero-order valence-electron chi connectivity index (χ0n) is 14.5. The minimum absolute atomic E-state index is 0.0495. The van der Waals surface area contributed by atoms with E-state index in [1.807, 2.05) is 17.9 Å². The van der Waals surface area contributed by atoms with Gasteiger partial charge < -0.3 is 9.32 Å². The zero-order chi connectivity index (χ0) is 17.8. The molecule has 1 fully saturated rings. The largest absolute Gasteiger partial charge is 0.425 e. The molecular weight excluding hydrogens is 321 g/mol. The van der Waals surface area contributed by atoms with Gasteiger partial charge >= 0.3 is 0 Å². The third-order valence-electron chi connectivity index (χ3n) is 4.69. The van der Waals surface area contributed by atoms with E-state index in [2.05, 4.69) is 10.2 Å². The van der Waals surface area contributed by atoms with Gasteiger partial charge in [0, 0.05) is 31.5 Å². The van der Waals surface area contributed by atoms with E-state index in [1.54, 1.807) is 31.2 Å². The predicted octanol–water partition coefficient (Wildman–Crippen LogP) is 3.58. The minimum atomic E-state index is -0.259. The Hall–Kier alpha value is -2.50. The van der Waals surface area contributed by atoms with Crippen molar-refractivity contribution in [2.45, 2.75) is 45.1 Å². The van der Waals surface area contributed by atoms with Crippen LogP contribution in [0.3, 0.4) is 0 Å². The van der Waals surface area contributed by atoms with Gasteiger partial charge in [-0.2, -0.15) is 0 Å². The Morgan fingerprint density at radius 3 is 2.96 bits per heavy atom. The van der Waals surface area contributed by atoms with Crippen molar-refractivity contribution in [3.05, 3.63) is 53.5 Å². The maximum absolute atomic E-state index is 13.6. The van der Waals surface area contributed by atoms with Crippen LogP contribution in [0.1, 0.15) is 50.0 Å². The van der Waals surface area contributed by atoms with Crippen molar-refractivity contribution in [2.24, 2.45) is 0 Å². The first-order valence-electron chi connectivity index (χ1n) is 8.57. The van der Waals surface area contributed by atoms with Crippen molar-refractivity contribution < 1.29 is 13.6 Å². The Morgan fingerprint density at radius 1 is 1.40 bits per heavy atom. The summed E-state index contributed by atoms with van der Waals surface area (Å²) < 4.78 is 19.4. The van der Waals surface area contributed by atoms with Gasteiger partial charge in [-0.3, -0.25) is 4.79 Å². The lowest BCUT2D eigenvalue weighted by Crippen LogP contribution is -2.44. The number of nitrogens with zero attached hydrogens (tertiary/aromatic N) is 3. The van der Waals surface area contributed by atoms with Crippen LogP contribution in [0.5, 0.6) is 0 Å². The fourth-order valence-electron chi connectivity index (χ4n) is 3.31. The van der Waals surface area contributed by atoms with Crippen molar-refractivity contribution in [2.75, 3.05) is 6.54 Å². The third kappa shape index (κ3) is 3.95. The standard InChI is InChI=1S/C19H22FN3O2/c1-13-16(9-6-12-23(13)14(2)24)19-22-21-18(25-19)11-5-8-15-7-3-4-10-17(15)20/h3-5,7-8,10,13,16H,6,9,11-12H2,1-2H3/b8-5+/t13-,16-/m0/s1. The quantitative estimate of drug-likeness (QED) is 0.851. The Labute approximate surface area is 146 Å². The first kappa shape index (κ1) is 17.3. The van der Waals surface area contributed by atoms with Crippen LogP contribution in [0.4, 0.5) is 4.39 Å². The van der Waals surface area contributed by atoms with Gasteiger partial charge in [-0.25, -0.2) is 4.39 Å². The molecule has 5 nitrogen and oxygen atoms in total. The lowest BCUT2D eigenvalue weighted by Gasteiger charge is -2.37. The Kier molecular flexibility index (Phi) is 5.26. The summed E-state index contributed by atoms with van der Waals surface area (Å²) in [7, 11) is 0. The highest BCUT2D eigenvalue weighted by Gasteiger charge is 2.33. The molecule has 6 heteroatoms. The highest BCUT2D eigenvalue weighted by molar-refractivity contribution is 5.73. The summed E-state index contributed by atoms with van der Waals surface area (Å²) in [5.41, 5.74) is 0.528. The summed E-state index contributed by atoms with van der Waals surface area (Å²) in [6.07, 6.45) is 5.82. The van der Waals surface area contributed by atoms with E-state index in [9.17, 15) is 9.18 Å². The highest BCUT2D eigenvalue weighted by Crippen LogP contribution is 2.31. The summed E-state index contributed by atoms with van der Waals surface area (Å²) in [6, 6.07) is 6.64. The summed E-state index contributed by atoms with van der Waals surface area (Å²) in [5.74, 6) is 0.951. The molecule has 1 amide bonds. The van der Waals surface area contributed by atoms with Crippen LogP contribution >= 0.6 is 0 Å². The number of likely N-dealkylation sites (tertiary alicyclic amines) is 1. The molecule has 132 valence electrons. The Bertz CT molecular complexity index is 772. The van der Waals surface area contributed by atoms with Crippen LogP contribution < -0.4 is 0 Å². The number of rotatable bonds is 4. The summed E-state index contributed by atoms with van der Waals surface area (Å²) in [6.45, 7) is 4.39. The van der Waals surface area contributed by atoms with Crippen LogP contribution in [0.25, 0.3) is 6.08 Å². The van der Waals surface area contributed by atoms with Gasteiger partial charge in [-0.1, -0.05) is 30.4 Å². The van der Waals surface area contributed by atoms with Crippen molar-refractivity contribution in [3.63, 3.8) is 0 Å². The highest BCUT2D eigenvalue weighted by atomic mass is 19.1. The number of carbonyl (C=O) groups excluding carboxylic acids is 1. The maximum Gasteiger partial charge on any atom is 0.221 e. The molecule has 1 aromatic heterocycles. The molecule has 0 unspecified atom stereocenters. The monoisotopic (exact) mass is 343 g/mol. The lowest BCUT2D eigenvalue weighted by molar-refractivity contribution is -0.132. The number of carbonyl (C=O) groups is 1. The molecule has 0 radical (unpaired) electrons. The third-order valence-corrected chi connectivity index (χ3v) is 4.69. The molecule has 0 N–H and O–H groups in total. The SMILES string of the molecule is CC(=O)N1CCC[C@H](c2nnc(C/C=C/c3ccccc3F)o2)[C@@H]1C. The number of hydrogen-bond acceptors (Lipinski definition) is 4. The van der Waals surface area contributed by atoms with E-state index in [-0.39, 0.29) is 23.7 Å². The number of amides is 1. The second-order valence-corrected chi connectivity index (χ2v) is 6.36. The average Bonchev–Trinajstić information content (AvgIpc) is 3.05. The fourth-order valence-corrected chi connectivity index (χ4v) is 3.31. The number of aromatic nitrogens is 2. The van der Waals surface area contributed by atoms with E-state index >= 15 is 0 Å². The van der Waals surface area contributed by atoms with E-state index in [0.717, 1.165) is 19.4 Å². The minimum Gasteiger partial charge on any atom is -0.425 e. The molecule has 2 atom stereocenters. The summed E-state index contributed by atoms with van der Waals surface area (Å²) in [5, 5.41) is 8.25. The molecule has 0 spiro atoms. The molecule has 25 heavy (non-hydrogen) atoms. The van der Waals surface area contributed by atoms with E-state index in [1.165, 1.54) is 6.07 Å². The second kappa shape index (κ2) is 7.59.